The molecule has 0 amide bonds. The third-order valence-electron chi connectivity index (χ3n) is 2.59. The van der Waals surface area contributed by atoms with Gasteiger partial charge >= 0.3 is 0 Å². The van der Waals surface area contributed by atoms with Crippen LogP contribution in [0.5, 0.6) is 5.75 Å². The van der Waals surface area contributed by atoms with Crippen molar-refractivity contribution in [3.8, 4) is 5.75 Å². The Morgan fingerprint density at radius 3 is 2.81 bits per heavy atom. The van der Waals surface area contributed by atoms with E-state index in [1.54, 1.807) is 7.11 Å². The molecule has 3 heteroatoms. The van der Waals surface area contributed by atoms with Crippen molar-refractivity contribution in [1.82, 2.24) is 4.90 Å². The number of ether oxygens (including phenoxy) is 1. The summed E-state index contributed by atoms with van der Waals surface area (Å²) in [7, 11) is 3.83. The smallest absolute Gasteiger partial charge is 0.119 e. The highest BCUT2D eigenvalue weighted by Crippen LogP contribution is 2.13. The van der Waals surface area contributed by atoms with Crippen LogP contribution in [-0.2, 0) is 6.42 Å². The molecule has 2 nitrogen and oxygen atoms in total. The predicted octanol–water partition coefficient (Wildman–Crippen LogP) is 2.80. The van der Waals surface area contributed by atoms with E-state index >= 15 is 0 Å². The maximum absolute atomic E-state index is 5.66. The molecule has 0 aliphatic heterocycles. The highest BCUT2D eigenvalue weighted by molar-refractivity contribution is 6.17. The largest absolute Gasteiger partial charge is 0.497 e. The molecule has 0 unspecified atom stereocenters. The van der Waals surface area contributed by atoms with E-state index in [0.717, 1.165) is 37.6 Å². The van der Waals surface area contributed by atoms with Gasteiger partial charge in [0.1, 0.15) is 5.75 Å². The second-order valence-corrected chi connectivity index (χ2v) is 4.33. The Bertz CT molecular complexity index is 304. The van der Waals surface area contributed by atoms with E-state index in [9.17, 15) is 0 Å². The SMILES string of the molecule is COc1cccc(CCN(C)CCCCl)c1. The first-order valence-electron chi connectivity index (χ1n) is 5.63. The van der Waals surface area contributed by atoms with Crippen LogP contribution in [0, 0.1) is 0 Å². The van der Waals surface area contributed by atoms with Crippen LogP contribution in [0.15, 0.2) is 24.3 Å². The van der Waals surface area contributed by atoms with Crippen LogP contribution in [0.2, 0.25) is 0 Å². The Morgan fingerprint density at radius 1 is 1.31 bits per heavy atom. The zero-order valence-corrected chi connectivity index (χ0v) is 10.8. The molecule has 90 valence electrons. The van der Waals surface area contributed by atoms with Crippen molar-refractivity contribution in [1.29, 1.82) is 0 Å². The summed E-state index contributed by atoms with van der Waals surface area (Å²) in [6.07, 6.45) is 2.10. The van der Waals surface area contributed by atoms with E-state index in [4.69, 9.17) is 16.3 Å². The van der Waals surface area contributed by atoms with Crippen LogP contribution in [-0.4, -0.2) is 38.0 Å². The van der Waals surface area contributed by atoms with Gasteiger partial charge in [0.2, 0.25) is 0 Å². The van der Waals surface area contributed by atoms with Gasteiger partial charge in [-0.05, 0) is 44.1 Å². The Morgan fingerprint density at radius 2 is 2.12 bits per heavy atom. The van der Waals surface area contributed by atoms with Crippen LogP contribution >= 0.6 is 11.6 Å². The van der Waals surface area contributed by atoms with Gasteiger partial charge in [-0.1, -0.05) is 12.1 Å². The molecule has 0 heterocycles. The minimum Gasteiger partial charge on any atom is -0.497 e. The molecular formula is C13H20ClNO. The summed E-state index contributed by atoms with van der Waals surface area (Å²) >= 11 is 5.66. The number of methoxy groups -OCH3 is 1. The summed E-state index contributed by atoms with van der Waals surface area (Å²) in [6, 6.07) is 8.24. The van der Waals surface area contributed by atoms with E-state index in [-0.39, 0.29) is 0 Å². The molecule has 16 heavy (non-hydrogen) atoms. The number of nitrogens with zero attached hydrogens (tertiary/aromatic N) is 1. The molecule has 0 spiro atoms. The zero-order valence-electron chi connectivity index (χ0n) is 10.1. The van der Waals surface area contributed by atoms with E-state index < -0.39 is 0 Å². The topological polar surface area (TPSA) is 12.5 Å². The number of benzene rings is 1. The molecule has 1 aromatic rings. The van der Waals surface area contributed by atoms with E-state index in [1.807, 2.05) is 12.1 Å². The number of rotatable bonds is 7. The lowest BCUT2D eigenvalue weighted by molar-refractivity contribution is 0.339. The molecule has 0 radical (unpaired) electrons. The van der Waals surface area contributed by atoms with Gasteiger partial charge in [0.15, 0.2) is 0 Å². The highest BCUT2D eigenvalue weighted by Gasteiger charge is 2.00. The molecule has 0 aliphatic carbocycles. The molecule has 1 aromatic carbocycles. The molecule has 0 bridgehead atoms. The van der Waals surface area contributed by atoms with Crippen molar-refractivity contribution in [2.45, 2.75) is 12.8 Å². The number of likely N-dealkylation sites (N-methyl/N-ethyl adjacent to an activating group) is 1. The van der Waals surface area contributed by atoms with Crippen molar-refractivity contribution in [3.05, 3.63) is 29.8 Å². The molecule has 0 saturated carbocycles. The maximum atomic E-state index is 5.66. The first kappa shape index (κ1) is 13.3. The second-order valence-electron chi connectivity index (χ2n) is 3.95. The van der Waals surface area contributed by atoms with Gasteiger partial charge in [-0.25, -0.2) is 0 Å². The van der Waals surface area contributed by atoms with Crippen LogP contribution in [0.25, 0.3) is 0 Å². The summed E-state index contributed by atoms with van der Waals surface area (Å²) in [4.78, 5) is 2.31. The minimum atomic E-state index is 0.740. The standard InChI is InChI=1S/C13H20ClNO/c1-15(9-4-8-14)10-7-12-5-3-6-13(11-12)16-2/h3,5-6,11H,4,7-10H2,1-2H3. The highest BCUT2D eigenvalue weighted by atomic mass is 35.5. The number of hydrogen-bond donors (Lipinski definition) is 0. The lowest BCUT2D eigenvalue weighted by Crippen LogP contribution is -2.22. The fourth-order valence-electron chi connectivity index (χ4n) is 1.59. The first-order valence-corrected chi connectivity index (χ1v) is 6.17. The maximum Gasteiger partial charge on any atom is 0.119 e. The summed E-state index contributed by atoms with van der Waals surface area (Å²) in [6.45, 7) is 2.12. The lowest BCUT2D eigenvalue weighted by Gasteiger charge is -2.15. The van der Waals surface area contributed by atoms with Crippen LogP contribution in [0.3, 0.4) is 0 Å². The Labute approximate surface area is 103 Å². The number of halogens is 1. The number of hydrogen-bond acceptors (Lipinski definition) is 2. The fraction of sp³-hybridized carbons (Fsp3) is 0.538. The zero-order chi connectivity index (χ0) is 11.8. The summed E-state index contributed by atoms with van der Waals surface area (Å²) in [5, 5.41) is 0. The summed E-state index contributed by atoms with van der Waals surface area (Å²) in [5.74, 6) is 1.67. The van der Waals surface area contributed by atoms with E-state index in [1.165, 1.54) is 5.56 Å². The minimum absolute atomic E-state index is 0.740. The van der Waals surface area contributed by atoms with Crippen molar-refractivity contribution < 1.29 is 4.74 Å². The van der Waals surface area contributed by atoms with Crippen LogP contribution in [0.4, 0.5) is 0 Å². The van der Waals surface area contributed by atoms with Crippen LogP contribution < -0.4 is 4.74 Å². The van der Waals surface area contributed by atoms with Crippen molar-refractivity contribution in [2.24, 2.45) is 0 Å². The average molecular weight is 242 g/mol. The normalized spacial score (nSPS) is 10.8. The second kappa shape index (κ2) is 7.53. The summed E-state index contributed by atoms with van der Waals surface area (Å²) in [5.41, 5.74) is 1.32. The Balaban J connectivity index is 2.35. The molecule has 0 atom stereocenters. The van der Waals surface area contributed by atoms with Gasteiger partial charge in [-0.2, -0.15) is 0 Å². The molecule has 1 rings (SSSR count). The molecule has 0 aromatic heterocycles. The predicted molar refractivity (Wildman–Crippen MR) is 69.5 cm³/mol. The monoisotopic (exact) mass is 241 g/mol. The molecule has 0 fully saturated rings. The number of alkyl halides is 1. The van der Waals surface area contributed by atoms with Gasteiger partial charge in [0.05, 0.1) is 7.11 Å². The van der Waals surface area contributed by atoms with Gasteiger partial charge in [0, 0.05) is 12.4 Å². The fourth-order valence-corrected chi connectivity index (χ4v) is 1.71. The Hall–Kier alpha value is -0.730. The van der Waals surface area contributed by atoms with E-state index in [2.05, 4.69) is 24.1 Å². The van der Waals surface area contributed by atoms with Crippen molar-refractivity contribution in [3.63, 3.8) is 0 Å². The Kier molecular flexibility index (Phi) is 6.27. The van der Waals surface area contributed by atoms with E-state index in [0.29, 0.717) is 0 Å². The van der Waals surface area contributed by atoms with Crippen LogP contribution in [0.1, 0.15) is 12.0 Å². The first-order chi connectivity index (χ1) is 7.76. The van der Waals surface area contributed by atoms with Crippen molar-refractivity contribution >= 4 is 11.6 Å². The third-order valence-corrected chi connectivity index (χ3v) is 2.86. The quantitative estimate of drug-likeness (QED) is 0.681. The van der Waals surface area contributed by atoms with Gasteiger partial charge < -0.3 is 9.64 Å². The van der Waals surface area contributed by atoms with Gasteiger partial charge in [0.25, 0.3) is 0 Å². The van der Waals surface area contributed by atoms with Gasteiger partial charge in [-0.3, -0.25) is 0 Å². The third kappa shape index (κ3) is 4.86. The molecule has 0 aliphatic rings. The van der Waals surface area contributed by atoms with Gasteiger partial charge in [-0.15, -0.1) is 11.6 Å². The molecule has 0 saturated heterocycles. The van der Waals surface area contributed by atoms with Crippen molar-refractivity contribution in [2.75, 3.05) is 33.1 Å². The molecule has 0 N–H and O–H groups in total. The lowest BCUT2D eigenvalue weighted by atomic mass is 10.1. The average Bonchev–Trinajstić information content (AvgIpc) is 2.34. The molecular weight excluding hydrogens is 222 g/mol. The summed E-state index contributed by atoms with van der Waals surface area (Å²) < 4.78 is 5.20.